The Labute approximate surface area is 97.3 Å². The third-order valence-corrected chi connectivity index (χ3v) is 3.20. The standard InChI is InChI=1S/C12H21N3O/c1-2-7-15(11-3-4-11)12(16)10-14-8-5-13-6-9-14/h2,11,13H,1,3-10H2. The molecule has 0 aromatic rings. The molecule has 2 rings (SSSR count). The number of hydrogen-bond acceptors (Lipinski definition) is 3. The minimum absolute atomic E-state index is 0.268. The van der Waals surface area contributed by atoms with Gasteiger partial charge in [0.15, 0.2) is 0 Å². The molecule has 1 amide bonds. The van der Waals surface area contributed by atoms with E-state index in [9.17, 15) is 4.79 Å². The molecule has 1 saturated heterocycles. The Hall–Kier alpha value is -0.870. The molecular weight excluding hydrogens is 202 g/mol. The summed E-state index contributed by atoms with van der Waals surface area (Å²) in [5.41, 5.74) is 0. The quantitative estimate of drug-likeness (QED) is 0.670. The molecule has 0 unspecified atom stereocenters. The molecule has 2 fully saturated rings. The van der Waals surface area contributed by atoms with Crippen molar-refractivity contribution in [3.8, 4) is 0 Å². The Morgan fingerprint density at radius 1 is 1.44 bits per heavy atom. The van der Waals surface area contributed by atoms with Crippen molar-refractivity contribution in [1.29, 1.82) is 0 Å². The molecular formula is C12H21N3O. The summed E-state index contributed by atoms with van der Waals surface area (Å²) in [5, 5.41) is 3.29. The van der Waals surface area contributed by atoms with Crippen molar-refractivity contribution >= 4 is 5.91 Å². The van der Waals surface area contributed by atoms with E-state index in [0.717, 1.165) is 26.2 Å². The van der Waals surface area contributed by atoms with E-state index in [1.54, 1.807) is 0 Å². The second-order valence-electron chi connectivity index (χ2n) is 4.59. The summed E-state index contributed by atoms with van der Waals surface area (Å²) in [6.07, 6.45) is 4.16. The topological polar surface area (TPSA) is 35.6 Å². The lowest BCUT2D eigenvalue weighted by Crippen LogP contribution is -2.48. The predicted molar refractivity (Wildman–Crippen MR) is 64.2 cm³/mol. The largest absolute Gasteiger partial charge is 0.335 e. The number of amides is 1. The third-order valence-electron chi connectivity index (χ3n) is 3.20. The van der Waals surface area contributed by atoms with Crippen LogP contribution in [0, 0.1) is 0 Å². The van der Waals surface area contributed by atoms with Crippen molar-refractivity contribution in [3.63, 3.8) is 0 Å². The van der Waals surface area contributed by atoms with Crippen LogP contribution in [-0.4, -0.2) is 61.0 Å². The number of nitrogens with one attached hydrogen (secondary N) is 1. The first-order chi connectivity index (χ1) is 7.81. The van der Waals surface area contributed by atoms with Crippen molar-refractivity contribution in [1.82, 2.24) is 15.1 Å². The zero-order valence-corrected chi connectivity index (χ0v) is 9.82. The lowest BCUT2D eigenvalue weighted by atomic mass is 10.3. The van der Waals surface area contributed by atoms with Gasteiger partial charge in [0.1, 0.15) is 0 Å². The van der Waals surface area contributed by atoms with Crippen molar-refractivity contribution in [3.05, 3.63) is 12.7 Å². The van der Waals surface area contributed by atoms with Gasteiger partial charge in [-0.15, -0.1) is 6.58 Å². The maximum absolute atomic E-state index is 12.1. The molecule has 4 nitrogen and oxygen atoms in total. The zero-order chi connectivity index (χ0) is 11.4. The van der Waals surface area contributed by atoms with E-state index < -0.39 is 0 Å². The molecule has 0 radical (unpaired) electrons. The van der Waals surface area contributed by atoms with Gasteiger partial charge < -0.3 is 10.2 Å². The molecule has 0 aromatic heterocycles. The number of hydrogen-bond donors (Lipinski definition) is 1. The van der Waals surface area contributed by atoms with E-state index in [1.165, 1.54) is 12.8 Å². The van der Waals surface area contributed by atoms with Crippen LogP contribution in [0.3, 0.4) is 0 Å². The first-order valence-electron chi connectivity index (χ1n) is 6.14. The zero-order valence-electron chi connectivity index (χ0n) is 9.82. The van der Waals surface area contributed by atoms with E-state index in [2.05, 4.69) is 16.8 Å². The lowest BCUT2D eigenvalue weighted by molar-refractivity contribution is -0.132. The second-order valence-corrected chi connectivity index (χ2v) is 4.59. The third kappa shape index (κ3) is 3.06. The molecule has 0 aromatic carbocycles. The molecule has 4 heteroatoms. The Morgan fingerprint density at radius 2 is 2.12 bits per heavy atom. The van der Waals surface area contributed by atoms with Crippen LogP contribution in [0.5, 0.6) is 0 Å². The molecule has 1 saturated carbocycles. The summed E-state index contributed by atoms with van der Waals surface area (Å²) in [6.45, 7) is 8.97. The lowest BCUT2D eigenvalue weighted by Gasteiger charge is -2.29. The number of rotatable bonds is 5. The van der Waals surface area contributed by atoms with Crippen LogP contribution in [0.15, 0.2) is 12.7 Å². The molecule has 90 valence electrons. The minimum Gasteiger partial charge on any atom is -0.335 e. The van der Waals surface area contributed by atoms with Crippen LogP contribution in [-0.2, 0) is 4.79 Å². The van der Waals surface area contributed by atoms with Gasteiger partial charge in [-0.05, 0) is 12.8 Å². The summed E-state index contributed by atoms with van der Waals surface area (Å²) in [6, 6.07) is 0.494. The van der Waals surface area contributed by atoms with E-state index in [0.29, 0.717) is 19.1 Å². The van der Waals surface area contributed by atoms with Crippen molar-refractivity contribution in [2.45, 2.75) is 18.9 Å². The Balaban J connectivity index is 1.81. The minimum atomic E-state index is 0.268. The SMILES string of the molecule is C=CCN(C(=O)CN1CCNCC1)C1CC1. The molecule has 1 heterocycles. The summed E-state index contributed by atoms with van der Waals surface area (Å²) in [5.74, 6) is 0.268. The maximum atomic E-state index is 12.1. The summed E-state index contributed by atoms with van der Waals surface area (Å²) >= 11 is 0. The Bertz CT molecular complexity index is 257. The Morgan fingerprint density at radius 3 is 2.69 bits per heavy atom. The average molecular weight is 223 g/mol. The van der Waals surface area contributed by atoms with E-state index in [4.69, 9.17) is 0 Å². The van der Waals surface area contributed by atoms with E-state index in [-0.39, 0.29) is 5.91 Å². The fourth-order valence-corrected chi connectivity index (χ4v) is 2.13. The van der Waals surface area contributed by atoms with Crippen LogP contribution in [0.2, 0.25) is 0 Å². The van der Waals surface area contributed by atoms with Gasteiger partial charge in [0.2, 0.25) is 5.91 Å². The highest BCUT2D eigenvalue weighted by molar-refractivity contribution is 5.79. The van der Waals surface area contributed by atoms with Crippen LogP contribution in [0.25, 0.3) is 0 Å². The first-order valence-corrected chi connectivity index (χ1v) is 6.14. The first kappa shape index (κ1) is 11.6. The van der Waals surface area contributed by atoms with Gasteiger partial charge in [0, 0.05) is 38.8 Å². The normalized spacial score (nSPS) is 21.8. The fraction of sp³-hybridized carbons (Fsp3) is 0.750. The number of piperazine rings is 1. The van der Waals surface area contributed by atoms with Gasteiger partial charge in [-0.2, -0.15) is 0 Å². The van der Waals surface area contributed by atoms with Crippen molar-refractivity contribution in [2.24, 2.45) is 0 Å². The molecule has 2 aliphatic rings. The van der Waals surface area contributed by atoms with Gasteiger partial charge in [-0.1, -0.05) is 6.08 Å². The van der Waals surface area contributed by atoms with Crippen LogP contribution < -0.4 is 5.32 Å². The fourth-order valence-electron chi connectivity index (χ4n) is 2.13. The van der Waals surface area contributed by atoms with Gasteiger partial charge in [0.05, 0.1) is 6.54 Å². The van der Waals surface area contributed by atoms with E-state index in [1.807, 2.05) is 11.0 Å². The van der Waals surface area contributed by atoms with Gasteiger partial charge in [0.25, 0.3) is 0 Å². The van der Waals surface area contributed by atoms with Gasteiger partial charge in [-0.25, -0.2) is 0 Å². The second kappa shape index (κ2) is 5.46. The number of carbonyl (C=O) groups is 1. The number of carbonyl (C=O) groups excluding carboxylic acids is 1. The molecule has 1 aliphatic heterocycles. The van der Waals surface area contributed by atoms with Crippen molar-refractivity contribution in [2.75, 3.05) is 39.3 Å². The molecule has 0 bridgehead atoms. The average Bonchev–Trinajstić information content (AvgIpc) is 3.11. The summed E-state index contributed by atoms with van der Waals surface area (Å²) < 4.78 is 0. The highest BCUT2D eigenvalue weighted by atomic mass is 16.2. The number of nitrogens with zero attached hydrogens (tertiary/aromatic N) is 2. The highest BCUT2D eigenvalue weighted by Gasteiger charge is 2.32. The monoisotopic (exact) mass is 223 g/mol. The molecule has 1 N–H and O–H groups in total. The van der Waals surface area contributed by atoms with Crippen LogP contribution >= 0.6 is 0 Å². The molecule has 0 atom stereocenters. The predicted octanol–water partition coefficient (Wildman–Crippen LogP) is 0.0686. The molecule has 0 spiro atoms. The maximum Gasteiger partial charge on any atom is 0.237 e. The highest BCUT2D eigenvalue weighted by Crippen LogP contribution is 2.26. The van der Waals surface area contributed by atoms with E-state index >= 15 is 0 Å². The van der Waals surface area contributed by atoms with Crippen molar-refractivity contribution < 1.29 is 4.79 Å². The van der Waals surface area contributed by atoms with Crippen LogP contribution in [0.4, 0.5) is 0 Å². The Kier molecular flexibility index (Phi) is 3.96. The molecule has 1 aliphatic carbocycles. The summed E-state index contributed by atoms with van der Waals surface area (Å²) in [4.78, 5) is 16.3. The van der Waals surface area contributed by atoms with Gasteiger partial charge >= 0.3 is 0 Å². The smallest absolute Gasteiger partial charge is 0.237 e. The molecule has 16 heavy (non-hydrogen) atoms. The van der Waals surface area contributed by atoms with Gasteiger partial charge in [-0.3, -0.25) is 9.69 Å². The van der Waals surface area contributed by atoms with Crippen LogP contribution in [0.1, 0.15) is 12.8 Å². The summed E-state index contributed by atoms with van der Waals surface area (Å²) in [7, 11) is 0.